The molecule has 768 valence electrons. The van der Waals surface area contributed by atoms with E-state index in [1.807, 2.05) is 210 Å². The maximum Gasteiger partial charge on any atom is 0.307 e. The molecule has 3 aromatic heterocycles. The van der Waals surface area contributed by atoms with E-state index in [9.17, 15) is 100 Å². The molecule has 0 aliphatic carbocycles. The van der Waals surface area contributed by atoms with Gasteiger partial charge in [0.15, 0.2) is 12.0 Å². The molecule has 2 aliphatic rings. The summed E-state index contributed by atoms with van der Waals surface area (Å²) >= 11 is 5.74. The predicted octanol–water partition coefficient (Wildman–Crippen LogP) is 25.7. The summed E-state index contributed by atoms with van der Waals surface area (Å²) in [5.41, 5.74) is 13.2. The number of ketones is 2. The van der Waals surface area contributed by atoms with Crippen LogP contribution in [0.1, 0.15) is 54.5 Å². The van der Waals surface area contributed by atoms with Crippen LogP contribution in [0.2, 0.25) is 0 Å². The number of carbonyl (C=O) groups is 3. The molecular formula is C106H105ClF6IN14O18P. The fourth-order valence-corrected chi connectivity index (χ4v) is 15.3. The van der Waals surface area contributed by atoms with E-state index >= 15 is 0 Å². The van der Waals surface area contributed by atoms with Crippen LogP contribution < -0.4 is 5.32 Å². The first-order valence-corrected chi connectivity index (χ1v) is 47.4. The molecule has 0 atom stereocenters. The van der Waals surface area contributed by atoms with Crippen molar-refractivity contribution >= 4 is 177 Å². The van der Waals surface area contributed by atoms with Gasteiger partial charge in [-0.1, -0.05) is 133 Å². The number of hydrogen-bond donors (Lipinski definition) is 2. The summed E-state index contributed by atoms with van der Waals surface area (Å²) in [6.07, 6.45) is 14.4. The number of morpholine rings is 2. The summed E-state index contributed by atoms with van der Waals surface area (Å²) in [6.45, 7) is 14.5. The van der Waals surface area contributed by atoms with Gasteiger partial charge in [-0.2, -0.15) is 0 Å². The zero-order valence-electron chi connectivity index (χ0n) is 81.3. The number of nitrogens with zero attached hydrogens (tertiary/aromatic N) is 13. The molecule has 2 aliphatic heterocycles. The SMILES string of the molecule is C1COCCN1.CC(=O)/C=C\C(=C\N(C)C)c1ccc([N+](=O)[O-])c2ccccc12.CC(C)=O.CN(C)/C=C(/C=[N+](C)C)c1ccc([N+](=O)[O-])c2ccccc12.Cc1ccc(-c2ccc([N+](=O)[O-])c3ccccc23)cn1.F[P-](F)(F)(F)(F)F.I.O=C(O)Cc1ccc([N+](=O)[O-])c2ccccc12.O=[N+]([O-])c1ccc(-c2ccc(CCl)nc2)c2ccccc12.O=[N+]([O-])c1ccc(-c2ccc(CN3CCOCC3)nc2)c2ccccc12. The van der Waals surface area contributed by atoms with Gasteiger partial charge in [0.05, 0.1) is 118 Å². The number of alkyl halides is 1. The number of ether oxygens (including phenoxy) is 2. The van der Waals surface area contributed by atoms with Crippen LogP contribution in [-0.4, -0.2) is 188 Å². The Labute approximate surface area is 862 Å². The number of nitrogens with one attached hydrogen (secondary N) is 1. The van der Waals surface area contributed by atoms with E-state index < -0.39 is 18.7 Å². The number of Topliss-reactive ketones (excluding diaryl/α,β-unsaturated/α-hetero) is 1. The number of pyridine rings is 3. The molecule has 0 bridgehead atoms. The van der Waals surface area contributed by atoms with Crippen LogP contribution in [0.15, 0.2) is 298 Å². The fraction of sp³-hybridized carbons (Fsp3) is 0.198. The summed E-state index contributed by atoms with van der Waals surface area (Å²) in [5, 5.41) is 87.2. The number of non-ortho nitro benzene ring substituents is 6. The number of rotatable bonds is 21. The topological polar surface area (TPSA) is 412 Å². The van der Waals surface area contributed by atoms with Crippen LogP contribution in [0.25, 0.3) is 109 Å². The molecule has 5 heterocycles. The maximum absolute atomic E-state index is 11.3. The Morgan fingerprint density at radius 3 is 1.03 bits per heavy atom. The molecular weight excluding hydrogens is 2060 g/mol. The predicted molar refractivity (Wildman–Crippen MR) is 575 cm³/mol. The molecule has 41 heteroatoms. The number of aliphatic carboxylic acids is 1. The first-order valence-electron chi connectivity index (χ1n) is 44.8. The van der Waals surface area contributed by atoms with Gasteiger partial charge in [-0.15, -0.1) is 35.6 Å². The largest absolute Gasteiger partial charge is 0.481 e. The van der Waals surface area contributed by atoms with Crippen molar-refractivity contribution in [3.05, 3.63) is 392 Å². The molecule has 12 aromatic carbocycles. The smallest absolute Gasteiger partial charge is 0.307 e. The Hall–Kier alpha value is -15.8. The number of nitro benzene ring substituents is 6. The molecule has 0 unspecified atom stereocenters. The summed E-state index contributed by atoms with van der Waals surface area (Å²) < 4.78 is 71.5. The standard InChI is InChI=1S/C20H19N3O3.C18H18N2O3.C17H20N3O2.C16H11ClN2O2.C16H12N2O2.C12H9NO4.C4H9NO.C3H6O.F6P.HI/c24-23(25)20-8-7-17(18-3-1-2-4-19(18)20)15-5-6-16(21-13-15)14-22-9-11-26-12-10-22;1-13(21)8-9-14(12-19(2)3)15-10-11-18(20(22)23)17-7-5-4-6-16(15)17;1-18(2)11-13(12-19(3)4)14-9-10-17(20(21)22)16-8-6-5-7-15(14)16;17-9-12-6-5-11(10-18-12)13-7-8-16(19(20)21)15-4-2-1-3-14(13)15;1-11-6-7-12(10-17-11)13-8-9-16(18(19)20)15-5-3-2-4-14(13)15;14-12(15)7-8-5-6-11(13(16)17)10-4-2-1-3-9(8)10;1-3-6-4-2-5-1;1-3(2)4;1-7(2,3,4,5)6;/h1-8,13H,9-12,14H2;4-12H,1-3H3;5-12H,1-4H3;1-8,10H,9H2;2-10H,1H3;1-6H,7H2,(H,14,15);5H,1-4H2;1-2H3;;1H/q;;+1;;;;;;-1;/b;9-8-,14-12-;;;;;;;;. The van der Waals surface area contributed by atoms with Crippen molar-refractivity contribution in [2.75, 3.05) is 94.9 Å². The molecule has 32 nitrogen and oxygen atoms in total. The van der Waals surface area contributed by atoms with Crippen LogP contribution >= 0.6 is 43.4 Å². The van der Waals surface area contributed by atoms with E-state index in [4.69, 9.17) is 26.2 Å². The molecule has 0 spiro atoms. The number of aryl methyl sites for hydroxylation is 1. The Morgan fingerprint density at radius 1 is 0.422 bits per heavy atom. The first kappa shape index (κ1) is 116. The number of carbonyl (C=O) groups excluding carboxylic acids is 2. The molecule has 2 N–H and O–H groups in total. The second-order valence-corrected chi connectivity index (χ2v) is 35.6. The Morgan fingerprint density at radius 2 is 0.728 bits per heavy atom. The fourth-order valence-electron chi connectivity index (χ4n) is 15.2. The van der Waals surface area contributed by atoms with Gasteiger partial charge >= 0.3 is 39.0 Å². The third-order valence-electron chi connectivity index (χ3n) is 21.3. The zero-order chi connectivity index (χ0) is 107. The second-order valence-electron chi connectivity index (χ2n) is 33.4. The van der Waals surface area contributed by atoms with E-state index in [1.54, 1.807) is 128 Å². The summed E-state index contributed by atoms with van der Waals surface area (Å²) in [5.74, 6) is -0.480. The zero-order valence-corrected chi connectivity index (χ0v) is 85.3. The first-order chi connectivity index (χ1) is 69.2. The van der Waals surface area contributed by atoms with Crippen LogP contribution in [-0.2, 0) is 42.7 Å². The van der Waals surface area contributed by atoms with Gasteiger partial charge in [-0.05, 0) is 196 Å². The number of fused-ring (bicyclic) bond motifs is 6. The van der Waals surface area contributed by atoms with Gasteiger partial charge < -0.3 is 34.5 Å². The number of carboxylic acids is 1. The third-order valence-corrected chi connectivity index (χ3v) is 21.6. The van der Waals surface area contributed by atoms with Gasteiger partial charge in [0.25, 0.3) is 34.1 Å². The third kappa shape index (κ3) is 36.2. The quantitative estimate of drug-likeness (QED) is 0.00644. The number of hydrogen-bond acceptors (Lipinski definition) is 24. The van der Waals surface area contributed by atoms with Gasteiger partial charge in [0, 0.05) is 151 Å². The molecule has 15 aromatic rings. The average Bonchev–Trinajstić information content (AvgIpc) is 0.975. The molecule has 147 heavy (non-hydrogen) atoms. The minimum Gasteiger partial charge on any atom is -0.481 e. The molecule has 0 radical (unpaired) electrons. The number of halogens is 8. The minimum atomic E-state index is -10.7. The summed E-state index contributed by atoms with van der Waals surface area (Å²) in [4.78, 5) is 115. The molecule has 17 rings (SSSR count). The van der Waals surface area contributed by atoms with Crippen molar-refractivity contribution in [3.63, 3.8) is 0 Å². The van der Waals surface area contributed by atoms with Crippen LogP contribution in [0, 0.1) is 67.6 Å². The van der Waals surface area contributed by atoms with Crippen molar-refractivity contribution < 1.29 is 88.3 Å². The van der Waals surface area contributed by atoms with Crippen molar-refractivity contribution in [1.29, 1.82) is 0 Å². The maximum atomic E-state index is 11.3. The summed E-state index contributed by atoms with van der Waals surface area (Å²) in [7, 11) is 0.933. The number of benzene rings is 12. The van der Waals surface area contributed by atoms with Crippen molar-refractivity contribution in [2.24, 2.45) is 0 Å². The van der Waals surface area contributed by atoms with Gasteiger partial charge in [-0.25, -0.2) is 4.58 Å². The summed E-state index contributed by atoms with van der Waals surface area (Å²) in [6, 6.07) is 74.7. The monoisotopic (exact) mass is 2170 g/mol. The number of nitro groups is 6. The average molecular weight is 2170 g/mol. The van der Waals surface area contributed by atoms with E-state index in [0.717, 1.165) is 159 Å². The normalized spacial score (nSPS) is 12.7. The van der Waals surface area contributed by atoms with Crippen molar-refractivity contribution in [1.82, 2.24) is 35.0 Å². The molecule has 0 saturated carbocycles. The van der Waals surface area contributed by atoms with E-state index in [-0.39, 0.29) is 101 Å². The van der Waals surface area contributed by atoms with Gasteiger partial charge in [0.2, 0.25) is 0 Å². The Bertz CT molecular complexity index is 7390. The van der Waals surface area contributed by atoms with Crippen LogP contribution in [0.5, 0.6) is 0 Å². The van der Waals surface area contributed by atoms with Gasteiger partial charge in [-0.3, -0.25) is 90.1 Å². The number of carboxylic acid groups (broad SMARTS) is 1. The van der Waals surface area contributed by atoms with Crippen LogP contribution in [0.4, 0.5) is 59.3 Å². The van der Waals surface area contributed by atoms with E-state index in [0.29, 0.717) is 49.1 Å². The van der Waals surface area contributed by atoms with Crippen molar-refractivity contribution in [3.8, 4) is 33.4 Å². The molecule has 0 amide bonds. The number of aromatic nitrogens is 3. The van der Waals surface area contributed by atoms with E-state index in [1.165, 1.54) is 51.1 Å². The molecule has 2 saturated heterocycles. The van der Waals surface area contributed by atoms with Gasteiger partial charge in [0.1, 0.15) is 19.9 Å². The van der Waals surface area contributed by atoms with E-state index in [2.05, 4.69) is 25.2 Å². The Balaban J connectivity index is 0.000000208. The van der Waals surface area contributed by atoms with Crippen LogP contribution in [0.3, 0.4) is 0 Å². The second kappa shape index (κ2) is 53.7. The van der Waals surface area contributed by atoms with Crippen molar-refractivity contribution in [2.45, 2.75) is 46.5 Å². The molecule has 2 fully saturated rings. The number of allylic oxidation sites excluding steroid dienone is 4. The minimum absolute atomic E-state index is 0. The Kier molecular flexibility index (Phi) is 42.5.